The summed E-state index contributed by atoms with van der Waals surface area (Å²) in [6.45, 7) is 5.07. The summed E-state index contributed by atoms with van der Waals surface area (Å²) in [6.07, 6.45) is 0. The van der Waals surface area contributed by atoms with Crippen molar-refractivity contribution >= 4 is 15.9 Å². The minimum absolute atomic E-state index is 0.0581. The summed E-state index contributed by atoms with van der Waals surface area (Å²) in [5, 5.41) is 12.0. The van der Waals surface area contributed by atoms with Gasteiger partial charge in [0.25, 0.3) is 0 Å². The molecule has 2 aromatic rings. The van der Waals surface area contributed by atoms with Gasteiger partial charge in [0.15, 0.2) is 0 Å². The first-order chi connectivity index (χ1) is 11.7. The highest BCUT2D eigenvalue weighted by molar-refractivity contribution is 9.10. The molecule has 24 heavy (non-hydrogen) atoms. The Hall–Kier alpha value is -1.40. The van der Waals surface area contributed by atoms with Crippen molar-refractivity contribution in [2.45, 2.75) is 20.1 Å². The Morgan fingerprint density at radius 1 is 1.12 bits per heavy atom. The number of rotatable bonds is 10. The number of aryl methyl sites for hydroxylation is 1. The fourth-order valence-corrected chi connectivity index (χ4v) is 2.73. The Bertz CT molecular complexity index is 634. The first kappa shape index (κ1) is 18.9. The van der Waals surface area contributed by atoms with Crippen molar-refractivity contribution in [2.24, 2.45) is 0 Å². The van der Waals surface area contributed by atoms with Gasteiger partial charge >= 0.3 is 0 Å². The standard InChI is InChI=1S/C19H24BrNO3/c1-15-3-2-4-16(11-15)14-24-19-6-5-18(20)12-17(19)13-21-7-9-23-10-8-22/h2-6,11-12,21-22H,7-10,13-14H2,1H3. The number of halogens is 1. The van der Waals surface area contributed by atoms with Gasteiger partial charge in [-0.05, 0) is 30.7 Å². The zero-order valence-corrected chi connectivity index (χ0v) is 15.5. The van der Waals surface area contributed by atoms with Crippen molar-refractivity contribution in [1.82, 2.24) is 5.32 Å². The van der Waals surface area contributed by atoms with Crippen LogP contribution in [0.5, 0.6) is 5.75 Å². The van der Waals surface area contributed by atoms with Crippen LogP contribution < -0.4 is 10.1 Å². The molecule has 0 unspecified atom stereocenters. The number of hydrogen-bond donors (Lipinski definition) is 2. The minimum atomic E-state index is 0.0581. The molecule has 0 aliphatic rings. The van der Waals surface area contributed by atoms with Gasteiger partial charge in [-0.25, -0.2) is 0 Å². The van der Waals surface area contributed by atoms with Crippen LogP contribution in [0.4, 0.5) is 0 Å². The van der Waals surface area contributed by atoms with Gasteiger partial charge in [-0.2, -0.15) is 0 Å². The number of benzene rings is 2. The van der Waals surface area contributed by atoms with E-state index in [0.717, 1.165) is 27.9 Å². The van der Waals surface area contributed by atoms with Crippen molar-refractivity contribution in [1.29, 1.82) is 0 Å². The lowest BCUT2D eigenvalue weighted by atomic mass is 10.1. The summed E-state index contributed by atoms with van der Waals surface area (Å²) in [5.74, 6) is 0.878. The van der Waals surface area contributed by atoms with Crippen molar-refractivity contribution in [3.05, 3.63) is 63.6 Å². The number of aliphatic hydroxyl groups excluding tert-OH is 1. The van der Waals surface area contributed by atoms with E-state index in [2.05, 4.69) is 52.4 Å². The first-order valence-corrected chi connectivity index (χ1v) is 8.84. The summed E-state index contributed by atoms with van der Waals surface area (Å²) >= 11 is 3.51. The second-order valence-corrected chi connectivity index (χ2v) is 6.46. The third-order valence-corrected chi connectivity index (χ3v) is 3.97. The molecule has 0 bridgehead atoms. The van der Waals surface area contributed by atoms with Crippen LogP contribution in [0.1, 0.15) is 16.7 Å². The minimum Gasteiger partial charge on any atom is -0.489 e. The molecular weight excluding hydrogens is 370 g/mol. The monoisotopic (exact) mass is 393 g/mol. The lowest BCUT2D eigenvalue weighted by Crippen LogP contribution is -2.20. The average molecular weight is 394 g/mol. The molecule has 2 N–H and O–H groups in total. The van der Waals surface area contributed by atoms with Gasteiger partial charge in [0.05, 0.1) is 19.8 Å². The maximum Gasteiger partial charge on any atom is 0.124 e. The quantitative estimate of drug-likeness (QED) is 0.607. The summed E-state index contributed by atoms with van der Waals surface area (Å²) in [7, 11) is 0. The van der Waals surface area contributed by atoms with Crippen LogP contribution in [-0.4, -0.2) is 31.5 Å². The third-order valence-electron chi connectivity index (χ3n) is 3.47. The molecule has 0 saturated carbocycles. The van der Waals surface area contributed by atoms with E-state index in [0.29, 0.717) is 26.4 Å². The van der Waals surface area contributed by atoms with Gasteiger partial charge in [-0.15, -0.1) is 0 Å². The van der Waals surface area contributed by atoms with Crippen molar-refractivity contribution in [3.8, 4) is 5.75 Å². The van der Waals surface area contributed by atoms with E-state index in [1.54, 1.807) is 0 Å². The SMILES string of the molecule is Cc1cccc(COc2ccc(Br)cc2CNCCOCCO)c1. The predicted molar refractivity (Wildman–Crippen MR) is 99.3 cm³/mol. The van der Waals surface area contributed by atoms with Crippen LogP contribution in [0.2, 0.25) is 0 Å². The molecule has 2 rings (SSSR count). The molecule has 0 fully saturated rings. The molecule has 5 heteroatoms. The average Bonchev–Trinajstić information content (AvgIpc) is 2.57. The maximum atomic E-state index is 8.67. The van der Waals surface area contributed by atoms with E-state index in [9.17, 15) is 0 Å². The Labute approximate surface area is 151 Å². The van der Waals surface area contributed by atoms with E-state index in [4.69, 9.17) is 14.6 Å². The highest BCUT2D eigenvalue weighted by Gasteiger charge is 2.05. The van der Waals surface area contributed by atoms with Crippen LogP contribution in [0.3, 0.4) is 0 Å². The first-order valence-electron chi connectivity index (χ1n) is 8.05. The number of aliphatic hydroxyl groups is 1. The highest BCUT2D eigenvalue weighted by Crippen LogP contribution is 2.24. The molecular formula is C19H24BrNO3. The zero-order valence-electron chi connectivity index (χ0n) is 13.9. The van der Waals surface area contributed by atoms with Gasteiger partial charge in [0.1, 0.15) is 12.4 Å². The second-order valence-electron chi connectivity index (χ2n) is 5.54. The zero-order chi connectivity index (χ0) is 17.2. The Morgan fingerprint density at radius 3 is 2.79 bits per heavy atom. The summed E-state index contributed by atoms with van der Waals surface area (Å²) in [4.78, 5) is 0. The topological polar surface area (TPSA) is 50.7 Å². The number of hydrogen-bond acceptors (Lipinski definition) is 4. The van der Waals surface area contributed by atoms with E-state index in [-0.39, 0.29) is 6.61 Å². The number of nitrogens with one attached hydrogen (secondary N) is 1. The number of ether oxygens (including phenoxy) is 2. The molecule has 0 heterocycles. The lowest BCUT2D eigenvalue weighted by molar-refractivity contribution is 0.0937. The molecule has 0 atom stereocenters. The lowest BCUT2D eigenvalue weighted by Gasteiger charge is -2.13. The molecule has 0 spiro atoms. The summed E-state index contributed by atoms with van der Waals surface area (Å²) < 4.78 is 12.3. The van der Waals surface area contributed by atoms with Gasteiger partial charge in [-0.1, -0.05) is 45.8 Å². The maximum absolute atomic E-state index is 8.67. The van der Waals surface area contributed by atoms with Gasteiger partial charge < -0.3 is 19.9 Å². The van der Waals surface area contributed by atoms with Gasteiger partial charge in [0, 0.05) is 23.1 Å². The Morgan fingerprint density at radius 2 is 2.00 bits per heavy atom. The van der Waals surface area contributed by atoms with E-state index in [1.807, 2.05) is 18.2 Å². The molecule has 130 valence electrons. The van der Waals surface area contributed by atoms with Crippen molar-refractivity contribution in [3.63, 3.8) is 0 Å². The molecule has 2 aromatic carbocycles. The molecule has 0 amide bonds. The second kappa shape index (κ2) is 10.5. The normalized spacial score (nSPS) is 10.8. The van der Waals surface area contributed by atoms with Gasteiger partial charge in [-0.3, -0.25) is 0 Å². The fraction of sp³-hybridized carbons (Fsp3) is 0.368. The third kappa shape index (κ3) is 6.61. The predicted octanol–water partition coefficient (Wildman–Crippen LogP) is 3.44. The van der Waals surface area contributed by atoms with Crippen LogP contribution in [0, 0.1) is 6.92 Å². The Balaban J connectivity index is 1.89. The summed E-state index contributed by atoms with van der Waals surface area (Å²) in [5.41, 5.74) is 3.49. The van der Waals surface area contributed by atoms with E-state index >= 15 is 0 Å². The van der Waals surface area contributed by atoms with E-state index in [1.165, 1.54) is 5.56 Å². The van der Waals surface area contributed by atoms with E-state index < -0.39 is 0 Å². The smallest absolute Gasteiger partial charge is 0.124 e. The summed E-state index contributed by atoms with van der Waals surface area (Å²) in [6, 6.07) is 14.4. The molecule has 0 saturated heterocycles. The Kier molecular flexibility index (Phi) is 8.25. The molecule has 0 aromatic heterocycles. The molecule has 0 radical (unpaired) electrons. The van der Waals surface area contributed by atoms with Crippen molar-refractivity contribution in [2.75, 3.05) is 26.4 Å². The highest BCUT2D eigenvalue weighted by atomic mass is 79.9. The largest absolute Gasteiger partial charge is 0.489 e. The van der Waals surface area contributed by atoms with Crippen molar-refractivity contribution < 1.29 is 14.6 Å². The fourth-order valence-electron chi connectivity index (χ4n) is 2.32. The van der Waals surface area contributed by atoms with Crippen LogP contribution in [0.25, 0.3) is 0 Å². The van der Waals surface area contributed by atoms with Crippen LogP contribution >= 0.6 is 15.9 Å². The van der Waals surface area contributed by atoms with Crippen LogP contribution in [-0.2, 0) is 17.9 Å². The molecule has 4 nitrogen and oxygen atoms in total. The van der Waals surface area contributed by atoms with Crippen LogP contribution in [0.15, 0.2) is 46.9 Å². The molecule has 0 aliphatic carbocycles. The van der Waals surface area contributed by atoms with Gasteiger partial charge in [0.2, 0.25) is 0 Å². The molecule has 0 aliphatic heterocycles.